The fraction of sp³-hybridized carbons (Fsp3) is 0.367. The number of aromatic nitrogens is 2. The number of phenols is 1. The predicted molar refractivity (Wildman–Crippen MR) is 155 cm³/mol. The number of H-pyrrole nitrogens is 1. The van der Waals surface area contributed by atoms with E-state index in [1.165, 1.54) is 18.5 Å². The normalized spacial score (nSPS) is 14.5. The summed E-state index contributed by atoms with van der Waals surface area (Å²) in [4.78, 5) is 58.8. The molecular weight excluding hydrogens is 540 g/mol. The van der Waals surface area contributed by atoms with Gasteiger partial charge in [0.25, 0.3) is 0 Å². The number of imidazole rings is 1. The Morgan fingerprint density at radius 1 is 0.857 bits per heavy atom. The molecule has 0 aliphatic rings. The van der Waals surface area contributed by atoms with Crippen molar-refractivity contribution < 1.29 is 29.4 Å². The summed E-state index contributed by atoms with van der Waals surface area (Å²) in [5, 5.41) is 27.4. The molecule has 224 valence electrons. The van der Waals surface area contributed by atoms with Crippen LogP contribution in [0.4, 0.5) is 0 Å². The second-order valence-electron chi connectivity index (χ2n) is 10.3. The number of carboxylic acids is 1. The molecule has 3 rings (SSSR count). The van der Waals surface area contributed by atoms with Gasteiger partial charge >= 0.3 is 5.97 Å². The van der Waals surface area contributed by atoms with Crippen LogP contribution in [-0.2, 0) is 38.4 Å². The van der Waals surface area contributed by atoms with E-state index >= 15 is 0 Å². The number of nitrogens with two attached hydrogens (primary N) is 1. The van der Waals surface area contributed by atoms with Gasteiger partial charge in [-0.25, -0.2) is 9.78 Å². The summed E-state index contributed by atoms with van der Waals surface area (Å²) in [5.74, 6) is -3.42. The van der Waals surface area contributed by atoms with Crippen LogP contribution < -0.4 is 21.7 Å². The van der Waals surface area contributed by atoms with Gasteiger partial charge in [-0.3, -0.25) is 14.4 Å². The Bertz CT molecular complexity index is 1320. The van der Waals surface area contributed by atoms with Crippen LogP contribution in [0.2, 0.25) is 0 Å². The van der Waals surface area contributed by atoms with E-state index in [9.17, 15) is 29.4 Å². The molecule has 5 atom stereocenters. The van der Waals surface area contributed by atoms with Gasteiger partial charge in [0.2, 0.25) is 17.7 Å². The average molecular weight is 579 g/mol. The molecule has 0 saturated heterocycles. The number of amides is 3. The highest BCUT2D eigenvalue weighted by Crippen LogP contribution is 2.14. The Labute approximate surface area is 244 Å². The van der Waals surface area contributed by atoms with Crippen LogP contribution in [0.15, 0.2) is 67.1 Å². The van der Waals surface area contributed by atoms with E-state index < -0.39 is 47.9 Å². The van der Waals surface area contributed by atoms with Gasteiger partial charge in [-0.05, 0) is 29.2 Å². The minimum absolute atomic E-state index is 0.00996. The van der Waals surface area contributed by atoms with Gasteiger partial charge in [-0.2, -0.15) is 0 Å². The molecule has 3 aromatic rings. The van der Waals surface area contributed by atoms with Gasteiger partial charge in [0.1, 0.15) is 23.9 Å². The molecule has 8 N–H and O–H groups in total. The smallest absolute Gasteiger partial charge is 0.326 e. The third-order valence-electron chi connectivity index (χ3n) is 7.03. The number of carboxylic acid groups (broad SMARTS) is 1. The fourth-order valence-corrected chi connectivity index (χ4v) is 4.35. The molecule has 0 radical (unpaired) electrons. The number of carbonyl (C=O) groups excluding carboxylic acids is 3. The van der Waals surface area contributed by atoms with Crippen LogP contribution in [0.25, 0.3) is 0 Å². The number of hydrogen-bond donors (Lipinski definition) is 7. The molecule has 0 bridgehead atoms. The first-order valence-electron chi connectivity index (χ1n) is 13.8. The summed E-state index contributed by atoms with van der Waals surface area (Å²) >= 11 is 0. The van der Waals surface area contributed by atoms with E-state index in [2.05, 4.69) is 25.9 Å². The Kier molecular flexibility index (Phi) is 11.6. The second kappa shape index (κ2) is 15.3. The lowest BCUT2D eigenvalue weighted by Gasteiger charge is -2.27. The number of aliphatic carboxylic acids is 1. The van der Waals surface area contributed by atoms with Crippen LogP contribution in [0.3, 0.4) is 0 Å². The molecule has 12 nitrogen and oxygen atoms in total. The van der Waals surface area contributed by atoms with Crippen molar-refractivity contribution in [3.63, 3.8) is 0 Å². The summed E-state index contributed by atoms with van der Waals surface area (Å²) in [6.07, 6.45) is 3.84. The summed E-state index contributed by atoms with van der Waals surface area (Å²) in [6.45, 7) is 3.53. The van der Waals surface area contributed by atoms with Crippen molar-refractivity contribution >= 4 is 23.7 Å². The summed E-state index contributed by atoms with van der Waals surface area (Å²) in [5.41, 5.74) is 8.15. The molecule has 0 aliphatic heterocycles. The predicted octanol–water partition coefficient (Wildman–Crippen LogP) is 1.06. The maximum absolute atomic E-state index is 13.7. The highest BCUT2D eigenvalue weighted by atomic mass is 16.4. The zero-order valence-corrected chi connectivity index (χ0v) is 23.6. The molecule has 0 saturated carbocycles. The number of aromatic hydroxyl groups is 1. The third-order valence-corrected chi connectivity index (χ3v) is 7.03. The van der Waals surface area contributed by atoms with Crippen molar-refractivity contribution in [3.05, 3.63) is 83.9 Å². The molecule has 3 amide bonds. The maximum atomic E-state index is 13.7. The number of nitrogens with one attached hydrogen (secondary N) is 4. The van der Waals surface area contributed by atoms with Crippen molar-refractivity contribution in [1.82, 2.24) is 25.9 Å². The lowest BCUT2D eigenvalue weighted by Crippen LogP contribution is -2.58. The van der Waals surface area contributed by atoms with E-state index in [1.54, 1.807) is 49.5 Å². The molecule has 1 aromatic heterocycles. The number of phenolic OH excluding ortho intramolecular Hbond substituents is 1. The number of rotatable bonds is 15. The number of carbonyl (C=O) groups is 4. The third kappa shape index (κ3) is 9.44. The SMILES string of the molecule is CCC(C)C(NC(=O)C(Cc1ccc(O)cc1)NC(=O)C(Cc1ccccc1)NC(=O)C(N)Cc1cnc[nH]1)C(=O)O. The fourth-order valence-electron chi connectivity index (χ4n) is 4.35. The van der Waals surface area contributed by atoms with Gasteiger partial charge in [-0.15, -0.1) is 0 Å². The number of nitrogens with zero attached hydrogens (tertiary/aromatic N) is 1. The van der Waals surface area contributed by atoms with E-state index in [1.807, 2.05) is 13.0 Å². The molecule has 42 heavy (non-hydrogen) atoms. The average Bonchev–Trinajstić information content (AvgIpc) is 3.49. The minimum atomic E-state index is -1.19. The van der Waals surface area contributed by atoms with Crippen LogP contribution in [-0.4, -0.2) is 68.0 Å². The molecule has 2 aromatic carbocycles. The van der Waals surface area contributed by atoms with E-state index in [0.29, 0.717) is 17.7 Å². The van der Waals surface area contributed by atoms with Gasteiger partial charge < -0.3 is 36.9 Å². The van der Waals surface area contributed by atoms with Gasteiger partial charge in [0.15, 0.2) is 0 Å². The zero-order chi connectivity index (χ0) is 30.6. The molecule has 5 unspecified atom stereocenters. The Balaban J connectivity index is 1.84. The van der Waals surface area contributed by atoms with E-state index in [0.717, 1.165) is 5.56 Å². The standard InChI is InChI=1S/C30H38N6O6/c1-3-18(2)26(30(41)42)36-29(40)25(14-20-9-11-22(37)12-10-20)35-28(39)24(13-19-7-5-4-6-8-19)34-27(38)23(31)15-21-16-32-17-33-21/h4-12,16-18,23-26,37H,3,13-15,31H2,1-2H3,(H,32,33)(H,34,38)(H,35,39)(H,36,40)(H,41,42). The van der Waals surface area contributed by atoms with E-state index in [4.69, 9.17) is 5.73 Å². The minimum Gasteiger partial charge on any atom is -0.508 e. The van der Waals surface area contributed by atoms with Crippen molar-refractivity contribution in [1.29, 1.82) is 0 Å². The lowest BCUT2D eigenvalue weighted by atomic mass is 9.97. The first-order chi connectivity index (χ1) is 20.1. The Hall–Kier alpha value is -4.71. The monoisotopic (exact) mass is 578 g/mol. The molecule has 0 fully saturated rings. The largest absolute Gasteiger partial charge is 0.508 e. The molecule has 0 aliphatic carbocycles. The van der Waals surface area contributed by atoms with Crippen molar-refractivity contribution in [2.75, 3.05) is 0 Å². The summed E-state index contributed by atoms with van der Waals surface area (Å²) in [7, 11) is 0. The molecule has 1 heterocycles. The molecular formula is C30H38N6O6. The maximum Gasteiger partial charge on any atom is 0.326 e. The molecule has 12 heteroatoms. The van der Waals surface area contributed by atoms with Crippen LogP contribution in [0.5, 0.6) is 5.75 Å². The lowest BCUT2D eigenvalue weighted by molar-refractivity contribution is -0.143. The highest BCUT2D eigenvalue weighted by molar-refractivity contribution is 5.94. The van der Waals surface area contributed by atoms with Crippen LogP contribution in [0.1, 0.15) is 37.1 Å². The van der Waals surface area contributed by atoms with E-state index in [-0.39, 0.29) is 30.9 Å². The highest BCUT2D eigenvalue weighted by Gasteiger charge is 2.32. The van der Waals surface area contributed by atoms with Gasteiger partial charge in [0, 0.05) is 31.2 Å². The quantitative estimate of drug-likeness (QED) is 0.139. The van der Waals surface area contributed by atoms with Gasteiger partial charge in [-0.1, -0.05) is 62.7 Å². The van der Waals surface area contributed by atoms with Crippen molar-refractivity contribution in [2.45, 2.75) is 63.7 Å². The summed E-state index contributed by atoms with van der Waals surface area (Å²) in [6, 6.07) is 10.7. The van der Waals surface area contributed by atoms with Crippen LogP contribution >= 0.6 is 0 Å². The zero-order valence-electron chi connectivity index (χ0n) is 23.6. The van der Waals surface area contributed by atoms with Gasteiger partial charge in [0.05, 0.1) is 12.4 Å². The Morgan fingerprint density at radius 2 is 1.43 bits per heavy atom. The first-order valence-corrected chi connectivity index (χ1v) is 13.8. The first kappa shape index (κ1) is 31.8. The Morgan fingerprint density at radius 3 is 1.98 bits per heavy atom. The number of hydrogen-bond acceptors (Lipinski definition) is 7. The topological polar surface area (TPSA) is 200 Å². The molecule has 0 spiro atoms. The number of benzene rings is 2. The second-order valence-corrected chi connectivity index (χ2v) is 10.3. The number of aromatic amines is 1. The van der Waals surface area contributed by atoms with Crippen molar-refractivity contribution in [2.24, 2.45) is 11.7 Å². The van der Waals surface area contributed by atoms with Crippen LogP contribution in [0, 0.1) is 5.92 Å². The summed E-state index contributed by atoms with van der Waals surface area (Å²) < 4.78 is 0. The van der Waals surface area contributed by atoms with Crippen molar-refractivity contribution in [3.8, 4) is 5.75 Å².